The van der Waals surface area contributed by atoms with Crippen LogP contribution in [0.2, 0.25) is 5.02 Å². The Labute approximate surface area is 118 Å². The van der Waals surface area contributed by atoms with Gasteiger partial charge in [0.15, 0.2) is 0 Å². The van der Waals surface area contributed by atoms with Crippen molar-refractivity contribution in [3.05, 3.63) is 23.2 Å². The van der Waals surface area contributed by atoms with Crippen molar-refractivity contribution in [2.24, 2.45) is 0 Å². The average molecular weight is 283 g/mol. The van der Waals surface area contributed by atoms with Crippen LogP contribution < -0.4 is 10.2 Å². The van der Waals surface area contributed by atoms with E-state index >= 15 is 0 Å². The molecule has 0 unspecified atom stereocenters. The van der Waals surface area contributed by atoms with Crippen LogP contribution in [0.1, 0.15) is 19.8 Å². The van der Waals surface area contributed by atoms with Gasteiger partial charge in [0.1, 0.15) is 0 Å². The molecule has 0 saturated carbocycles. The van der Waals surface area contributed by atoms with Gasteiger partial charge in [-0.25, -0.2) is 0 Å². The predicted octanol–water partition coefficient (Wildman–Crippen LogP) is 2.92. The summed E-state index contributed by atoms with van der Waals surface area (Å²) in [5, 5.41) is 3.51. The first-order valence-corrected chi connectivity index (χ1v) is 7.00. The maximum absolute atomic E-state index is 11.5. The Kier molecular flexibility index (Phi) is 5.05. The summed E-state index contributed by atoms with van der Waals surface area (Å²) in [7, 11) is 0. The maximum Gasteiger partial charge on any atom is 0.224 e. The normalized spacial score (nSPS) is 15.4. The van der Waals surface area contributed by atoms with Gasteiger partial charge >= 0.3 is 0 Å². The van der Waals surface area contributed by atoms with Gasteiger partial charge in [0.25, 0.3) is 0 Å². The lowest BCUT2D eigenvalue weighted by atomic mass is 10.2. The number of morpholine rings is 1. The van der Waals surface area contributed by atoms with Gasteiger partial charge in [-0.1, -0.05) is 18.5 Å². The fraction of sp³-hybridized carbons (Fsp3) is 0.500. The van der Waals surface area contributed by atoms with Gasteiger partial charge in [0.2, 0.25) is 5.91 Å². The third-order valence-electron chi connectivity index (χ3n) is 3.06. The lowest BCUT2D eigenvalue weighted by molar-refractivity contribution is -0.116. The minimum absolute atomic E-state index is 0.0256. The van der Waals surface area contributed by atoms with E-state index in [2.05, 4.69) is 10.2 Å². The highest BCUT2D eigenvalue weighted by atomic mass is 35.5. The first kappa shape index (κ1) is 14.2. The molecule has 1 heterocycles. The van der Waals surface area contributed by atoms with Gasteiger partial charge in [-0.15, -0.1) is 0 Å². The molecule has 0 bridgehead atoms. The maximum atomic E-state index is 11.5. The summed E-state index contributed by atoms with van der Waals surface area (Å²) in [5.74, 6) is 0.0256. The highest BCUT2D eigenvalue weighted by Crippen LogP contribution is 2.29. The first-order valence-electron chi connectivity index (χ1n) is 6.63. The number of hydrogen-bond donors (Lipinski definition) is 1. The number of nitrogens with zero attached hydrogens (tertiary/aromatic N) is 1. The molecule has 0 radical (unpaired) electrons. The topological polar surface area (TPSA) is 41.6 Å². The molecule has 1 aliphatic heterocycles. The standard InChI is InChI=1S/C14H19ClN2O2/c1-2-3-14(18)16-11-4-5-13(12(15)10-11)17-6-8-19-9-7-17/h4-5,10H,2-3,6-9H2,1H3,(H,16,18). The summed E-state index contributed by atoms with van der Waals surface area (Å²) in [6, 6.07) is 5.65. The van der Waals surface area contributed by atoms with Gasteiger partial charge in [-0.2, -0.15) is 0 Å². The van der Waals surface area contributed by atoms with Crippen molar-refractivity contribution in [3.8, 4) is 0 Å². The number of nitrogens with one attached hydrogen (secondary N) is 1. The number of amides is 1. The van der Waals surface area contributed by atoms with Crippen molar-refractivity contribution < 1.29 is 9.53 Å². The molecule has 5 heteroatoms. The van der Waals surface area contributed by atoms with Crippen LogP contribution in [0.25, 0.3) is 0 Å². The quantitative estimate of drug-likeness (QED) is 0.923. The molecule has 1 saturated heterocycles. The summed E-state index contributed by atoms with van der Waals surface area (Å²) in [5.41, 5.74) is 1.75. The van der Waals surface area contributed by atoms with Gasteiger partial charge < -0.3 is 15.0 Å². The molecule has 1 fully saturated rings. The van der Waals surface area contributed by atoms with Crippen LogP contribution in [-0.4, -0.2) is 32.2 Å². The van der Waals surface area contributed by atoms with E-state index in [9.17, 15) is 4.79 Å². The van der Waals surface area contributed by atoms with Crippen molar-refractivity contribution in [3.63, 3.8) is 0 Å². The van der Waals surface area contributed by atoms with Crippen molar-refractivity contribution in [2.45, 2.75) is 19.8 Å². The number of hydrogen-bond acceptors (Lipinski definition) is 3. The molecular formula is C14H19ClN2O2. The average Bonchev–Trinajstić information content (AvgIpc) is 2.40. The second-order valence-corrected chi connectivity index (χ2v) is 4.97. The molecule has 0 aliphatic carbocycles. The van der Waals surface area contributed by atoms with E-state index in [1.54, 1.807) is 6.07 Å². The lowest BCUT2D eigenvalue weighted by Crippen LogP contribution is -2.36. The van der Waals surface area contributed by atoms with E-state index in [0.717, 1.165) is 44.1 Å². The van der Waals surface area contributed by atoms with Gasteiger partial charge in [-0.05, 0) is 24.6 Å². The van der Waals surface area contributed by atoms with Gasteiger partial charge in [0.05, 0.1) is 23.9 Å². The number of anilines is 2. The molecule has 1 aromatic carbocycles. The number of rotatable bonds is 4. The van der Waals surface area contributed by atoms with Gasteiger partial charge in [0, 0.05) is 25.2 Å². The zero-order valence-corrected chi connectivity index (χ0v) is 11.9. The van der Waals surface area contributed by atoms with E-state index < -0.39 is 0 Å². The second kappa shape index (κ2) is 6.78. The van der Waals surface area contributed by atoms with Gasteiger partial charge in [-0.3, -0.25) is 4.79 Å². The molecule has 0 aromatic heterocycles. The Morgan fingerprint density at radius 1 is 1.42 bits per heavy atom. The molecule has 19 heavy (non-hydrogen) atoms. The second-order valence-electron chi connectivity index (χ2n) is 4.56. The third kappa shape index (κ3) is 3.85. The van der Waals surface area contributed by atoms with Crippen molar-refractivity contribution >= 4 is 28.9 Å². The SMILES string of the molecule is CCCC(=O)Nc1ccc(N2CCOCC2)c(Cl)c1. The van der Waals surface area contributed by atoms with E-state index in [-0.39, 0.29) is 5.91 Å². The molecule has 104 valence electrons. The fourth-order valence-corrected chi connectivity index (χ4v) is 2.40. The monoisotopic (exact) mass is 282 g/mol. The van der Waals surface area contributed by atoms with Crippen LogP contribution in [0.15, 0.2) is 18.2 Å². The Morgan fingerprint density at radius 2 is 2.16 bits per heavy atom. The Hall–Kier alpha value is -1.26. The van der Waals surface area contributed by atoms with Crippen LogP contribution in [0.5, 0.6) is 0 Å². The third-order valence-corrected chi connectivity index (χ3v) is 3.36. The van der Waals surface area contributed by atoms with Crippen LogP contribution in [0, 0.1) is 0 Å². The number of carbonyl (C=O) groups excluding carboxylic acids is 1. The van der Waals surface area contributed by atoms with Crippen molar-refractivity contribution in [1.29, 1.82) is 0 Å². The molecule has 4 nitrogen and oxygen atoms in total. The van der Waals surface area contributed by atoms with E-state index in [1.165, 1.54) is 0 Å². The Morgan fingerprint density at radius 3 is 2.79 bits per heavy atom. The zero-order chi connectivity index (χ0) is 13.7. The Balaban J connectivity index is 2.06. The van der Waals surface area contributed by atoms with Crippen LogP contribution in [0.3, 0.4) is 0 Å². The highest BCUT2D eigenvalue weighted by Gasteiger charge is 2.14. The molecule has 2 rings (SSSR count). The molecular weight excluding hydrogens is 264 g/mol. The van der Waals surface area contributed by atoms with Crippen molar-refractivity contribution in [1.82, 2.24) is 0 Å². The largest absolute Gasteiger partial charge is 0.378 e. The molecule has 1 amide bonds. The smallest absolute Gasteiger partial charge is 0.224 e. The molecule has 0 atom stereocenters. The first-order chi connectivity index (χ1) is 9.20. The summed E-state index contributed by atoms with van der Waals surface area (Å²) in [4.78, 5) is 13.7. The van der Waals surface area contributed by atoms with Crippen LogP contribution in [-0.2, 0) is 9.53 Å². The highest BCUT2D eigenvalue weighted by molar-refractivity contribution is 6.33. The van der Waals surface area contributed by atoms with E-state index in [1.807, 2.05) is 19.1 Å². The van der Waals surface area contributed by atoms with Crippen molar-refractivity contribution in [2.75, 3.05) is 36.5 Å². The predicted molar refractivity (Wildman–Crippen MR) is 78.0 cm³/mol. The minimum atomic E-state index is 0.0256. The fourth-order valence-electron chi connectivity index (χ4n) is 2.10. The summed E-state index contributed by atoms with van der Waals surface area (Å²) >= 11 is 6.29. The lowest BCUT2D eigenvalue weighted by Gasteiger charge is -2.29. The molecule has 1 aromatic rings. The number of benzene rings is 1. The molecule has 1 aliphatic rings. The number of ether oxygens (including phenoxy) is 1. The number of carbonyl (C=O) groups is 1. The van der Waals surface area contributed by atoms with E-state index in [4.69, 9.17) is 16.3 Å². The molecule has 0 spiro atoms. The van der Waals surface area contributed by atoms with Crippen LogP contribution >= 0.6 is 11.6 Å². The summed E-state index contributed by atoms with van der Waals surface area (Å²) in [6.45, 7) is 5.13. The summed E-state index contributed by atoms with van der Waals surface area (Å²) < 4.78 is 5.32. The minimum Gasteiger partial charge on any atom is -0.378 e. The molecule has 1 N–H and O–H groups in total. The van der Waals surface area contributed by atoms with Crippen LogP contribution in [0.4, 0.5) is 11.4 Å². The zero-order valence-electron chi connectivity index (χ0n) is 11.1. The Bertz CT molecular complexity index is 445. The number of halogens is 1. The summed E-state index contributed by atoms with van der Waals surface area (Å²) in [6.07, 6.45) is 1.37. The van der Waals surface area contributed by atoms with E-state index in [0.29, 0.717) is 11.4 Å².